The van der Waals surface area contributed by atoms with E-state index in [-0.39, 0.29) is 0 Å². The predicted molar refractivity (Wildman–Crippen MR) is 74.5 cm³/mol. The van der Waals surface area contributed by atoms with Crippen molar-refractivity contribution in [2.75, 3.05) is 6.54 Å². The summed E-state index contributed by atoms with van der Waals surface area (Å²) in [5.41, 5.74) is 0. The molecule has 2 aromatic rings. The molecular formula is C12H17N3S2. The van der Waals surface area contributed by atoms with Crippen LogP contribution >= 0.6 is 22.7 Å². The number of aryl methyl sites for hydroxylation is 1. The van der Waals surface area contributed by atoms with Crippen LogP contribution in [0.1, 0.15) is 23.7 Å². The first kappa shape index (κ1) is 12.7. The van der Waals surface area contributed by atoms with E-state index in [0.29, 0.717) is 5.92 Å². The van der Waals surface area contributed by atoms with E-state index in [1.165, 1.54) is 9.75 Å². The first-order valence-electron chi connectivity index (χ1n) is 5.75. The molecule has 1 N–H and O–H groups in total. The third-order valence-corrected chi connectivity index (χ3v) is 4.34. The molecule has 5 heteroatoms. The number of aromatic nitrogens is 2. The Morgan fingerprint density at radius 2 is 2.06 bits per heavy atom. The van der Waals surface area contributed by atoms with Crippen molar-refractivity contribution in [1.82, 2.24) is 15.5 Å². The molecule has 0 spiro atoms. The smallest absolute Gasteiger partial charge is 0.157 e. The maximum atomic E-state index is 4.24. The maximum Gasteiger partial charge on any atom is 0.157 e. The Morgan fingerprint density at radius 3 is 2.71 bits per heavy atom. The van der Waals surface area contributed by atoms with Crippen molar-refractivity contribution in [3.05, 3.63) is 22.0 Å². The fraction of sp³-hybridized carbons (Fsp3) is 0.500. The topological polar surface area (TPSA) is 37.8 Å². The van der Waals surface area contributed by atoms with Crippen molar-refractivity contribution in [3.8, 4) is 9.88 Å². The first-order chi connectivity index (χ1) is 8.15. The van der Waals surface area contributed by atoms with Gasteiger partial charge in [-0.3, -0.25) is 0 Å². The molecule has 0 radical (unpaired) electrons. The molecule has 0 saturated carbocycles. The van der Waals surface area contributed by atoms with E-state index in [2.05, 4.69) is 48.4 Å². The Labute approximate surface area is 110 Å². The van der Waals surface area contributed by atoms with Crippen LogP contribution in [-0.2, 0) is 6.54 Å². The minimum absolute atomic E-state index is 0.669. The molecule has 0 aliphatic carbocycles. The highest BCUT2D eigenvalue weighted by Gasteiger charge is 2.08. The maximum absolute atomic E-state index is 4.24. The Balaban J connectivity index is 1.96. The fourth-order valence-corrected chi connectivity index (χ4v) is 3.17. The lowest BCUT2D eigenvalue weighted by Crippen LogP contribution is -2.18. The summed E-state index contributed by atoms with van der Waals surface area (Å²) in [5.74, 6) is 0.669. The zero-order valence-electron chi connectivity index (χ0n) is 10.4. The summed E-state index contributed by atoms with van der Waals surface area (Å²) >= 11 is 3.45. The second-order valence-corrected chi connectivity index (χ2v) is 6.79. The van der Waals surface area contributed by atoms with Gasteiger partial charge in [-0.25, -0.2) is 0 Å². The van der Waals surface area contributed by atoms with Crippen LogP contribution < -0.4 is 5.32 Å². The SMILES string of the molecule is Cc1ccc(-c2nnc(CNCC(C)C)s2)s1. The highest BCUT2D eigenvalue weighted by molar-refractivity contribution is 7.21. The zero-order valence-corrected chi connectivity index (χ0v) is 12.0. The summed E-state index contributed by atoms with van der Waals surface area (Å²) in [6.07, 6.45) is 0. The lowest BCUT2D eigenvalue weighted by Gasteiger charge is -2.03. The van der Waals surface area contributed by atoms with Crippen molar-refractivity contribution in [2.45, 2.75) is 27.3 Å². The number of hydrogen-bond acceptors (Lipinski definition) is 5. The molecule has 0 fully saturated rings. The van der Waals surface area contributed by atoms with Gasteiger partial charge in [0.2, 0.25) is 0 Å². The Hall–Kier alpha value is -0.780. The number of nitrogens with one attached hydrogen (secondary N) is 1. The third-order valence-electron chi connectivity index (χ3n) is 2.25. The lowest BCUT2D eigenvalue weighted by molar-refractivity contribution is 0.550. The molecular weight excluding hydrogens is 250 g/mol. The molecule has 92 valence electrons. The summed E-state index contributed by atoms with van der Waals surface area (Å²) in [5, 5.41) is 13.9. The second kappa shape index (κ2) is 5.71. The van der Waals surface area contributed by atoms with Gasteiger partial charge in [0.05, 0.1) is 4.88 Å². The lowest BCUT2D eigenvalue weighted by atomic mass is 10.2. The first-order valence-corrected chi connectivity index (χ1v) is 7.38. The van der Waals surface area contributed by atoms with Crippen LogP contribution in [0.4, 0.5) is 0 Å². The van der Waals surface area contributed by atoms with Crippen LogP contribution in [0, 0.1) is 12.8 Å². The second-order valence-electron chi connectivity index (χ2n) is 4.44. The van der Waals surface area contributed by atoms with Gasteiger partial charge in [0.1, 0.15) is 5.01 Å². The summed E-state index contributed by atoms with van der Waals surface area (Å²) in [6.45, 7) is 8.35. The quantitative estimate of drug-likeness (QED) is 0.903. The zero-order chi connectivity index (χ0) is 12.3. The molecule has 0 aromatic carbocycles. The Kier molecular flexibility index (Phi) is 4.25. The standard InChI is InChI=1S/C12H17N3S2/c1-8(2)6-13-7-11-14-15-12(17-11)10-5-4-9(3)16-10/h4-5,8,13H,6-7H2,1-3H3. The largest absolute Gasteiger partial charge is 0.310 e. The van der Waals surface area contributed by atoms with Gasteiger partial charge < -0.3 is 5.32 Å². The molecule has 0 aliphatic rings. The van der Waals surface area contributed by atoms with Gasteiger partial charge in [-0.05, 0) is 31.5 Å². The van der Waals surface area contributed by atoms with Crippen LogP contribution in [0.2, 0.25) is 0 Å². The molecule has 0 aliphatic heterocycles. The van der Waals surface area contributed by atoms with Gasteiger partial charge in [0.15, 0.2) is 5.01 Å². The predicted octanol–water partition coefficient (Wildman–Crippen LogP) is 3.32. The highest BCUT2D eigenvalue weighted by Crippen LogP contribution is 2.29. The Morgan fingerprint density at radius 1 is 1.24 bits per heavy atom. The summed E-state index contributed by atoms with van der Waals surface area (Å²) in [6, 6.07) is 4.24. The van der Waals surface area contributed by atoms with Crippen molar-refractivity contribution in [1.29, 1.82) is 0 Å². The monoisotopic (exact) mass is 267 g/mol. The van der Waals surface area contributed by atoms with Gasteiger partial charge in [0, 0.05) is 11.4 Å². The molecule has 0 unspecified atom stereocenters. The van der Waals surface area contributed by atoms with Crippen LogP contribution in [0.3, 0.4) is 0 Å². The van der Waals surface area contributed by atoms with Crippen molar-refractivity contribution in [2.24, 2.45) is 5.92 Å². The van der Waals surface area contributed by atoms with E-state index < -0.39 is 0 Å². The van der Waals surface area contributed by atoms with Crippen molar-refractivity contribution < 1.29 is 0 Å². The number of rotatable bonds is 5. The molecule has 2 rings (SSSR count). The van der Waals surface area contributed by atoms with E-state index in [4.69, 9.17) is 0 Å². The molecule has 0 bridgehead atoms. The molecule has 0 amide bonds. The summed E-state index contributed by atoms with van der Waals surface area (Å²) < 4.78 is 0. The molecule has 0 saturated heterocycles. The number of thiophene rings is 1. The van der Waals surface area contributed by atoms with Gasteiger partial charge in [0.25, 0.3) is 0 Å². The molecule has 0 atom stereocenters. The van der Waals surface area contributed by atoms with Crippen LogP contribution in [0.25, 0.3) is 9.88 Å². The van der Waals surface area contributed by atoms with Crippen LogP contribution in [-0.4, -0.2) is 16.7 Å². The molecule has 3 nitrogen and oxygen atoms in total. The highest BCUT2D eigenvalue weighted by atomic mass is 32.1. The normalized spacial score (nSPS) is 11.3. The average molecular weight is 267 g/mol. The van der Waals surface area contributed by atoms with Crippen molar-refractivity contribution in [3.63, 3.8) is 0 Å². The van der Waals surface area contributed by atoms with Crippen molar-refractivity contribution >= 4 is 22.7 Å². The molecule has 2 heterocycles. The van der Waals surface area contributed by atoms with E-state index >= 15 is 0 Å². The van der Waals surface area contributed by atoms with E-state index in [1.807, 2.05) is 0 Å². The summed E-state index contributed by atoms with van der Waals surface area (Å²) in [4.78, 5) is 2.53. The third kappa shape index (κ3) is 3.59. The summed E-state index contributed by atoms with van der Waals surface area (Å²) in [7, 11) is 0. The molecule has 17 heavy (non-hydrogen) atoms. The van der Waals surface area contributed by atoms with E-state index in [9.17, 15) is 0 Å². The van der Waals surface area contributed by atoms with Gasteiger partial charge in [-0.1, -0.05) is 25.2 Å². The van der Waals surface area contributed by atoms with E-state index in [1.54, 1.807) is 22.7 Å². The van der Waals surface area contributed by atoms with E-state index in [0.717, 1.165) is 23.1 Å². The minimum atomic E-state index is 0.669. The van der Waals surface area contributed by atoms with Gasteiger partial charge in [-0.15, -0.1) is 21.5 Å². The average Bonchev–Trinajstić information content (AvgIpc) is 2.86. The van der Waals surface area contributed by atoms with Gasteiger partial charge >= 0.3 is 0 Å². The minimum Gasteiger partial charge on any atom is -0.310 e. The van der Waals surface area contributed by atoms with Crippen LogP contribution in [0.15, 0.2) is 12.1 Å². The number of nitrogens with zero attached hydrogens (tertiary/aromatic N) is 2. The van der Waals surface area contributed by atoms with Crippen LogP contribution in [0.5, 0.6) is 0 Å². The fourth-order valence-electron chi connectivity index (χ4n) is 1.44. The molecule has 2 aromatic heterocycles. The number of hydrogen-bond donors (Lipinski definition) is 1. The van der Waals surface area contributed by atoms with Gasteiger partial charge in [-0.2, -0.15) is 0 Å². The Bertz CT molecular complexity index is 474.